The van der Waals surface area contributed by atoms with Gasteiger partial charge in [0.2, 0.25) is 0 Å². The van der Waals surface area contributed by atoms with E-state index >= 15 is 0 Å². The minimum absolute atomic E-state index is 0.293. The molecule has 0 amide bonds. The van der Waals surface area contributed by atoms with Crippen LogP contribution >= 0.6 is 0 Å². The maximum absolute atomic E-state index is 10.3. The normalized spacial score (nSPS) is 11.7. The van der Waals surface area contributed by atoms with Crippen LogP contribution in [0.4, 0.5) is 0 Å². The summed E-state index contributed by atoms with van der Waals surface area (Å²) >= 11 is 0. The van der Waals surface area contributed by atoms with Crippen molar-refractivity contribution in [1.29, 1.82) is 0 Å². The first kappa shape index (κ1) is 22.3. The molecule has 154 valence electrons. The van der Waals surface area contributed by atoms with E-state index < -0.39 is 0 Å². The smallest absolute Gasteiger partial charge is 0.118 e. The summed E-state index contributed by atoms with van der Waals surface area (Å²) < 4.78 is 0. The summed E-state index contributed by atoms with van der Waals surface area (Å²) in [6.45, 7) is 11.1. The quantitative estimate of drug-likeness (QED) is 0.456. The van der Waals surface area contributed by atoms with Crippen LogP contribution < -0.4 is 0 Å². The van der Waals surface area contributed by atoms with Crippen LogP contribution in [0.25, 0.3) is 0 Å². The zero-order valence-corrected chi connectivity index (χ0v) is 18.3. The lowest BCUT2D eigenvalue weighted by Crippen LogP contribution is -2.04. The number of phenolic OH excluding ortho intramolecular Hbond substituents is 2. The zero-order valence-electron chi connectivity index (χ0n) is 18.3. The highest BCUT2D eigenvalue weighted by Gasteiger charge is 2.17. The van der Waals surface area contributed by atoms with Gasteiger partial charge in [0.15, 0.2) is 0 Å². The third kappa shape index (κ3) is 6.29. The van der Waals surface area contributed by atoms with Crippen molar-refractivity contribution >= 4 is 0 Å². The topological polar surface area (TPSA) is 40.5 Å². The Bertz CT molecular complexity index is 685. The molecule has 2 aromatic carbocycles. The van der Waals surface area contributed by atoms with Crippen molar-refractivity contribution in [3.63, 3.8) is 0 Å². The predicted molar refractivity (Wildman–Crippen MR) is 119 cm³/mol. The van der Waals surface area contributed by atoms with Gasteiger partial charge in [0.1, 0.15) is 11.5 Å². The molecule has 0 aromatic heterocycles. The zero-order chi connectivity index (χ0) is 20.7. The summed E-state index contributed by atoms with van der Waals surface area (Å²) in [6, 6.07) is 12.2. The van der Waals surface area contributed by atoms with E-state index in [1.54, 1.807) is 0 Å². The first-order valence-electron chi connectivity index (χ1n) is 10.9. The van der Waals surface area contributed by atoms with E-state index in [0.29, 0.717) is 29.3 Å². The van der Waals surface area contributed by atoms with E-state index in [2.05, 4.69) is 58.9 Å². The molecule has 0 radical (unpaired) electrons. The lowest BCUT2D eigenvalue weighted by Gasteiger charge is -2.20. The molecule has 0 fully saturated rings. The molecule has 0 saturated carbocycles. The van der Waals surface area contributed by atoms with Gasteiger partial charge in [-0.1, -0.05) is 65.3 Å². The summed E-state index contributed by atoms with van der Waals surface area (Å²) in [6.07, 6.45) is 6.12. The summed E-state index contributed by atoms with van der Waals surface area (Å²) in [5.74, 6) is 2.35. The fourth-order valence-corrected chi connectivity index (χ4v) is 3.75. The van der Waals surface area contributed by atoms with Crippen LogP contribution in [0, 0.1) is 11.8 Å². The van der Waals surface area contributed by atoms with Crippen molar-refractivity contribution < 1.29 is 10.2 Å². The van der Waals surface area contributed by atoms with Gasteiger partial charge >= 0.3 is 0 Å². The Morgan fingerprint density at radius 3 is 1.46 bits per heavy atom. The second kappa shape index (κ2) is 10.5. The number of aromatic hydroxyl groups is 2. The van der Waals surface area contributed by atoms with Gasteiger partial charge in [0.25, 0.3) is 0 Å². The molecule has 0 aliphatic heterocycles. The summed E-state index contributed by atoms with van der Waals surface area (Å²) in [4.78, 5) is 0. The Kier molecular flexibility index (Phi) is 8.41. The molecule has 2 nitrogen and oxygen atoms in total. The molecule has 0 saturated heterocycles. The number of hydrogen-bond donors (Lipinski definition) is 2. The predicted octanol–water partition coefficient (Wildman–Crippen LogP) is 7.21. The number of rotatable bonds is 10. The van der Waals surface area contributed by atoms with Crippen molar-refractivity contribution in [3.05, 3.63) is 58.7 Å². The van der Waals surface area contributed by atoms with Crippen molar-refractivity contribution in [2.24, 2.45) is 11.8 Å². The number of benzene rings is 2. The standard InChI is InChI=1S/C26H38O2/c1-6-7-24(20-12-14-25(27)22(16-20)10-8-18(2)3)21-13-15-26(28)23(17-21)11-9-19(4)5/h12-19,24,27-28H,6-11H2,1-5H3. The Hall–Kier alpha value is -1.96. The Balaban J connectivity index is 2.34. The maximum Gasteiger partial charge on any atom is 0.118 e. The molecule has 0 bridgehead atoms. The Morgan fingerprint density at radius 1 is 0.679 bits per heavy atom. The van der Waals surface area contributed by atoms with E-state index in [-0.39, 0.29) is 0 Å². The van der Waals surface area contributed by atoms with Crippen LogP contribution in [0.1, 0.15) is 88.5 Å². The highest BCUT2D eigenvalue weighted by Crippen LogP contribution is 2.35. The molecule has 2 rings (SSSR count). The van der Waals surface area contributed by atoms with E-state index in [0.717, 1.165) is 49.7 Å². The summed E-state index contributed by atoms with van der Waals surface area (Å²) in [5.41, 5.74) is 4.62. The van der Waals surface area contributed by atoms with Gasteiger partial charge in [0, 0.05) is 5.92 Å². The molecular weight excluding hydrogens is 344 g/mol. The third-order valence-electron chi connectivity index (χ3n) is 5.57. The van der Waals surface area contributed by atoms with Crippen molar-refractivity contribution in [2.75, 3.05) is 0 Å². The molecule has 0 aliphatic rings. The van der Waals surface area contributed by atoms with Gasteiger partial charge < -0.3 is 10.2 Å². The highest BCUT2D eigenvalue weighted by atomic mass is 16.3. The molecule has 0 unspecified atom stereocenters. The first-order chi connectivity index (χ1) is 13.3. The van der Waals surface area contributed by atoms with Crippen LogP contribution in [0.15, 0.2) is 36.4 Å². The van der Waals surface area contributed by atoms with E-state index in [4.69, 9.17) is 0 Å². The molecule has 0 aliphatic carbocycles. The summed E-state index contributed by atoms with van der Waals surface area (Å²) in [5, 5.41) is 20.6. The van der Waals surface area contributed by atoms with Gasteiger partial charge in [-0.05, 0) is 78.3 Å². The number of hydrogen-bond acceptors (Lipinski definition) is 2. The van der Waals surface area contributed by atoms with Crippen LogP contribution in [0.2, 0.25) is 0 Å². The van der Waals surface area contributed by atoms with E-state index in [1.165, 1.54) is 11.1 Å². The molecule has 2 N–H and O–H groups in total. The van der Waals surface area contributed by atoms with Crippen LogP contribution in [0.3, 0.4) is 0 Å². The van der Waals surface area contributed by atoms with Gasteiger partial charge in [-0.25, -0.2) is 0 Å². The molecule has 0 heterocycles. The fourth-order valence-electron chi connectivity index (χ4n) is 3.75. The van der Waals surface area contributed by atoms with Gasteiger partial charge in [0.05, 0.1) is 0 Å². The molecule has 0 atom stereocenters. The van der Waals surface area contributed by atoms with Crippen LogP contribution in [-0.4, -0.2) is 10.2 Å². The van der Waals surface area contributed by atoms with Crippen molar-refractivity contribution in [2.45, 2.75) is 79.1 Å². The minimum atomic E-state index is 0.293. The van der Waals surface area contributed by atoms with Crippen LogP contribution in [0.5, 0.6) is 11.5 Å². The van der Waals surface area contributed by atoms with Gasteiger partial charge in [-0.3, -0.25) is 0 Å². The molecule has 2 aromatic rings. The molecule has 0 spiro atoms. The van der Waals surface area contributed by atoms with Gasteiger partial charge in [-0.15, -0.1) is 0 Å². The maximum atomic E-state index is 10.3. The fraction of sp³-hybridized carbons (Fsp3) is 0.538. The van der Waals surface area contributed by atoms with Crippen molar-refractivity contribution in [3.8, 4) is 11.5 Å². The van der Waals surface area contributed by atoms with Gasteiger partial charge in [-0.2, -0.15) is 0 Å². The minimum Gasteiger partial charge on any atom is -0.508 e. The first-order valence-corrected chi connectivity index (χ1v) is 10.9. The largest absolute Gasteiger partial charge is 0.508 e. The Morgan fingerprint density at radius 2 is 1.11 bits per heavy atom. The van der Waals surface area contributed by atoms with E-state index in [1.807, 2.05) is 12.1 Å². The lowest BCUT2D eigenvalue weighted by atomic mass is 9.85. The second-order valence-corrected chi connectivity index (χ2v) is 8.98. The molecule has 28 heavy (non-hydrogen) atoms. The van der Waals surface area contributed by atoms with Crippen LogP contribution in [-0.2, 0) is 12.8 Å². The number of aryl methyl sites for hydroxylation is 2. The number of phenols is 2. The Labute approximate surface area is 171 Å². The molecule has 2 heteroatoms. The molecular formula is C26H38O2. The summed E-state index contributed by atoms with van der Waals surface area (Å²) in [7, 11) is 0. The lowest BCUT2D eigenvalue weighted by molar-refractivity contribution is 0.462. The van der Waals surface area contributed by atoms with Crippen molar-refractivity contribution in [1.82, 2.24) is 0 Å². The highest BCUT2D eigenvalue weighted by molar-refractivity contribution is 5.44. The SMILES string of the molecule is CCCC(c1ccc(O)c(CCC(C)C)c1)c1ccc(O)c(CCC(C)C)c1. The monoisotopic (exact) mass is 382 g/mol. The average Bonchev–Trinajstić information content (AvgIpc) is 2.65. The third-order valence-corrected chi connectivity index (χ3v) is 5.57. The average molecular weight is 383 g/mol. The second-order valence-electron chi connectivity index (χ2n) is 8.98. The van der Waals surface area contributed by atoms with E-state index in [9.17, 15) is 10.2 Å².